The second kappa shape index (κ2) is 6.38. The van der Waals surface area contributed by atoms with Crippen LogP contribution in [0.4, 0.5) is 10.1 Å². The number of anilines is 1. The molecule has 2 rings (SSSR count). The van der Waals surface area contributed by atoms with Crippen LogP contribution in [0, 0.1) is 5.82 Å². The van der Waals surface area contributed by atoms with Gasteiger partial charge in [0.15, 0.2) is 0 Å². The molecule has 1 fully saturated rings. The maximum absolute atomic E-state index is 14.2. The smallest absolute Gasteiger partial charge is 0.146 e. The van der Waals surface area contributed by atoms with Crippen LogP contribution in [0.2, 0.25) is 0 Å². The van der Waals surface area contributed by atoms with Crippen LogP contribution in [0.15, 0.2) is 18.2 Å². The molecule has 106 valence electrons. The van der Waals surface area contributed by atoms with Crippen LogP contribution in [-0.4, -0.2) is 18.2 Å². The highest BCUT2D eigenvalue weighted by molar-refractivity contribution is 5.49. The summed E-state index contributed by atoms with van der Waals surface area (Å²) < 4.78 is 14.2. The lowest BCUT2D eigenvalue weighted by Gasteiger charge is -2.29. The lowest BCUT2D eigenvalue weighted by molar-refractivity contribution is 0.199. The minimum atomic E-state index is -0.619. The topological polar surface area (TPSA) is 23.5 Å². The van der Waals surface area contributed by atoms with E-state index in [1.54, 1.807) is 13.0 Å². The van der Waals surface area contributed by atoms with E-state index in [2.05, 4.69) is 4.90 Å². The van der Waals surface area contributed by atoms with Crippen LogP contribution in [0.1, 0.15) is 57.1 Å². The SMILES string of the molecule is CC(O)c1ccc(N(C)C2CCCCCC2)c(F)c1. The Morgan fingerprint density at radius 1 is 1.21 bits per heavy atom. The molecule has 0 amide bonds. The number of benzene rings is 1. The van der Waals surface area contributed by atoms with E-state index in [-0.39, 0.29) is 5.82 Å². The van der Waals surface area contributed by atoms with Gasteiger partial charge in [0.1, 0.15) is 5.82 Å². The van der Waals surface area contributed by atoms with E-state index in [9.17, 15) is 9.50 Å². The molecule has 0 heterocycles. The van der Waals surface area contributed by atoms with Crippen molar-refractivity contribution in [3.05, 3.63) is 29.6 Å². The number of halogens is 1. The minimum Gasteiger partial charge on any atom is -0.389 e. The lowest BCUT2D eigenvalue weighted by Crippen LogP contribution is -2.31. The van der Waals surface area contributed by atoms with Gasteiger partial charge in [-0.05, 0) is 37.5 Å². The van der Waals surface area contributed by atoms with Crippen molar-refractivity contribution < 1.29 is 9.50 Å². The zero-order valence-electron chi connectivity index (χ0n) is 11.9. The predicted molar refractivity (Wildman–Crippen MR) is 76.9 cm³/mol. The van der Waals surface area contributed by atoms with Crippen LogP contribution in [0.25, 0.3) is 0 Å². The Kier molecular flexibility index (Phi) is 4.81. The molecule has 0 aromatic heterocycles. The molecule has 1 aromatic carbocycles. The average molecular weight is 265 g/mol. The van der Waals surface area contributed by atoms with Gasteiger partial charge >= 0.3 is 0 Å². The predicted octanol–water partition coefficient (Wildman–Crippen LogP) is 4.04. The molecule has 0 saturated heterocycles. The quantitative estimate of drug-likeness (QED) is 0.834. The minimum absolute atomic E-state index is 0.231. The number of rotatable bonds is 3. The molecular formula is C16H24FNO. The number of hydrogen-bond donors (Lipinski definition) is 1. The molecule has 1 aliphatic carbocycles. The van der Waals surface area contributed by atoms with E-state index in [4.69, 9.17) is 0 Å². The Morgan fingerprint density at radius 3 is 2.37 bits per heavy atom. The Morgan fingerprint density at radius 2 is 1.84 bits per heavy atom. The Hall–Kier alpha value is -1.09. The standard InChI is InChI=1S/C16H24FNO/c1-12(19)13-9-10-16(15(17)11-13)18(2)14-7-5-3-4-6-8-14/h9-12,14,19H,3-8H2,1-2H3. The monoisotopic (exact) mass is 265 g/mol. The highest BCUT2D eigenvalue weighted by Gasteiger charge is 2.20. The van der Waals surface area contributed by atoms with Crippen molar-refractivity contribution in [2.75, 3.05) is 11.9 Å². The summed E-state index contributed by atoms with van der Waals surface area (Å²) in [7, 11) is 1.98. The Balaban J connectivity index is 2.15. The second-order valence-corrected chi connectivity index (χ2v) is 5.64. The van der Waals surface area contributed by atoms with Crippen LogP contribution >= 0.6 is 0 Å². The van der Waals surface area contributed by atoms with Crippen molar-refractivity contribution in [1.29, 1.82) is 0 Å². The normalized spacial score (nSPS) is 18.9. The third-order valence-corrected chi connectivity index (χ3v) is 4.21. The van der Waals surface area contributed by atoms with Crippen molar-refractivity contribution in [1.82, 2.24) is 0 Å². The van der Waals surface area contributed by atoms with Gasteiger partial charge in [0.05, 0.1) is 11.8 Å². The molecule has 1 aromatic rings. The molecule has 3 heteroatoms. The first-order valence-electron chi connectivity index (χ1n) is 7.30. The number of nitrogens with zero attached hydrogens (tertiary/aromatic N) is 1. The Bertz CT molecular complexity index is 411. The average Bonchev–Trinajstić information content (AvgIpc) is 2.66. The maximum Gasteiger partial charge on any atom is 0.146 e. The molecular weight excluding hydrogens is 241 g/mol. The van der Waals surface area contributed by atoms with Crippen molar-refractivity contribution in [2.24, 2.45) is 0 Å². The van der Waals surface area contributed by atoms with Gasteiger partial charge in [0, 0.05) is 13.1 Å². The Labute approximate surface area is 115 Å². The second-order valence-electron chi connectivity index (χ2n) is 5.64. The zero-order valence-corrected chi connectivity index (χ0v) is 11.9. The third-order valence-electron chi connectivity index (χ3n) is 4.21. The van der Waals surface area contributed by atoms with Crippen molar-refractivity contribution in [2.45, 2.75) is 57.6 Å². The van der Waals surface area contributed by atoms with Crippen LogP contribution < -0.4 is 4.90 Å². The van der Waals surface area contributed by atoms with Gasteiger partial charge in [0.25, 0.3) is 0 Å². The number of aliphatic hydroxyl groups excluding tert-OH is 1. The number of aliphatic hydroxyl groups is 1. The third kappa shape index (κ3) is 3.47. The summed E-state index contributed by atoms with van der Waals surface area (Å²) in [6.07, 6.45) is 6.75. The fraction of sp³-hybridized carbons (Fsp3) is 0.625. The first-order valence-corrected chi connectivity index (χ1v) is 7.30. The molecule has 0 radical (unpaired) electrons. The molecule has 0 spiro atoms. The van der Waals surface area contributed by atoms with E-state index in [1.807, 2.05) is 13.1 Å². The first kappa shape index (κ1) is 14.3. The summed E-state index contributed by atoms with van der Waals surface area (Å²) in [5.74, 6) is -0.231. The van der Waals surface area contributed by atoms with Crippen molar-refractivity contribution in [3.8, 4) is 0 Å². The summed E-state index contributed by atoms with van der Waals surface area (Å²) >= 11 is 0. The highest BCUT2D eigenvalue weighted by atomic mass is 19.1. The molecule has 19 heavy (non-hydrogen) atoms. The zero-order chi connectivity index (χ0) is 13.8. The highest BCUT2D eigenvalue weighted by Crippen LogP contribution is 2.28. The lowest BCUT2D eigenvalue weighted by atomic mass is 10.1. The van der Waals surface area contributed by atoms with Gasteiger partial charge in [-0.3, -0.25) is 0 Å². The van der Waals surface area contributed by atoms with Crippen molar-refractivity contribution in [3.63, 3.8) is 0 Å². The summed E-state index contributed by atoms with van der Waals surface area (Å²) in [6.45, 7) is 1.66. The summed E-state index contributed by atoms with van der Waals surface area (Å²) in [4.78, 5) is 2.08. The largest absolute Gasteiger partial charge is 0.389 e. The van der Waals surface area contributed by atoms with E-state index in [0.29, 0.717) is 17.3 Å². The van der Waals surface area contributed by atoms with Gasteiger partial charge in [-0.25, -0.2) is 4.39 Å². The van der Waals surface area contributed by atoms with E-state index in [1.165, 1.54) is 31.7 Å². The van der Waals surface area contributed by atoms with Gasteiger partial charge < -0.3 is 10.0 Å². The fourth-order valence-corrected chi connectivity index (χ4v) is 2.91. The van der Waals surface area contributed by atoms with Gasteiger partial charge in [0.2, 0.25) is 0 Å². The van der Waals surface area contributed by atoms with Crippen LogP contribution in [0.5, 0.6) is 0 Å². The van der Waals surface area contributed by atoms with Crippen LogP contribution in [0.3, 0.4) is 0 Å². The van der Waals surface area contributed by atoms with Crippen LogP contribution in [-0.2, 0) is 0 Å². The molecule has 1 atom stereocenters. The molecule has 0 bridgehead atoms. The fourth-order valence-electron chi connectivity index (χ4n) is 2.91. The summed E-state index contributed by atoms with van der Waals surface area (Å²) in [5.41, 5.74) is 1.28. The molecule has 2 nitrogen and oxygen atoms in total. The van der Waals surface area contributed by atoms with E-state index in [0.717, 1.165) is 12.8 Å². The molecule has 1 aliphatic rings. The molecule has 1 saturated carbocycles. The number of hydrogen-bond acceptors (Lipinski definition) is 2. The maximum atomic E-state index is 14.2. The van der Waals surface area contributed by atoms with E-state index < -0.39 is 6.10 Å². The molecule has 1 N–H and O–H groups in total. The van der Waals surface area contributed by atoms with E-state index >= 15 is 0 Å². The first-order chi connectivity index (χ1) is 9.09. The summed E-state index contributed by atoms with van der Waals surface area (Å²) in [5, 5.41) is 9.48. The molecule has 0 aliphatic heterocycles. The van der Waals surface area contributed by atoms with Gasteiger partial charge in [-0.2, -0.15) is 0 Å². The van der Waals surface area contributed by atoms with Crippen molar-refractivity contribution >= 4 is 5.69 Å². The molecule has 1 unspecified atom stereocenters. The summed E-state index contributed by atoms with van der Waals surface area (Å²) in [6, 6.07) is 5.50. The van der Waals surface area contributed by atoms with Gasteiger partial charge in [-0.15, -0.1) is 0 Å². The van der Waals surface area contributed by atoms with Gasteiger partial charge in [-0.1, -0.05) is 31.7 Å².